The molecule has 1 N–H and O–H groups in total. The molecule has 1 aliphatic heterocycles. The van der Waals surface area contributed by atoms with Crippen LogP contribution in [0.2, 0.25) is 0 Å². The summed E-state index contributed by atoms with van der Waals surface area (Å²) in [4.78, 5) is 12.2. The van der Waals surface area contributed by atoms with Gasteiger partial charge in [0.25, 0.3) is 0 Å². The molecule has 138 valence electrons. The zero-order valence-corrected chi connectivity index (χ0v) is 15.5. The molecule has 3 fully saturated rings. The van der Waals surface area contributed by atoms with E-state index in [-0.39, 0.29) is 17.6 Å². The topological polar surface area (TPSA) is 47.6 Å². The Labute approximate surface area is 147 Å². The molecule has 0 aromatic carbocycles. The fourth-order valence-electron chi connectivity index (χ4n) is 5.35. The molecule has 1 heterocycles. The molecule has 0 aromatic rings. The van der Waals surface area contributed by atoms with E-state index < -0.39 is 0 Å². The summed E-state index contributed by atoms with van der Waals surface area (Å²) < 4.78 is 11.5. The molecular formula is C20H35NO3. The van der Waals surface area contributed by atoms with E-state index in [4.69, 9.17) is 9.47 Å². The predicted octanol–water partition coefficient (Wildman–Crippen LogP) is 3.89. The number of nitrogens with one attached hydrogen (secondary N) is 1. The van der Waals surface area contributed by atoms with Crippen LogP contribution in [0.3, 0.4) is 0 Å². The van der Waals surface area contributed by atoms with Crippen molar-refractivity contribution in [2.24, 2.45) is 23.2 Å². The van der Waals surface area contributed by atoms with Gasteiger partial charge in [0, 0.05) is 18.4 Å². The van der Waals surface area contributed by atoms with Crippen LogP contribution >= 0.6 is 0 Å². The van der Waals surface area contributed by atoms with Gasteiger partial charge in [-0.15, -0.1) is 0 Å². The molecule has 1 amide bonds. The van der Waals surface area contributed by atoms with E-state index >= 15 is 0 Å². The van der Waals surface area contributed by atoms with Crippen LogP contribution in [-0.2, 0) is 14.3 Å². The van der Waals surface area contributed by atoms with E-state index in [0.29, 0.717) is 19.1 Å². The van der Waals surface area contributed by atoms with Gasteiger partial charge >= 0.3 is 0 Å². The van der Waals surface area contributed by atoms with E-state index in [9.17, 15) is 4.79 Å². The Balaban J connectivity index is 1.35. The molecule has 24 heavy (non-hydrogen) atoms. The second-order valence-electron chi connectivity index (χ2n) is 8.57. The van der Waals surface area contributed by atoms with Crippen molar-refractivity contribution in [1.29, 1.82) is 0 Å². The van der Waals surface area contributed by atoms with Gasteiger partial charge in [-0.05, 0) is 56.3 Å². The number of carbonyl (C=O) groups is 1. The molecule has 0 unspecified atom stereocenters. The monoisotopic (exact) mass is 337 g/mol. The van der Waals surface area contributed by atoms with E-state index in [1.165, 1.54) is 25.7 Å². The van der Waals surface area contributed by atoms with Crippen LogP contribution in [0, 0.1) is 23.2 Å². The van der Waals surface area contributed by atoms with Crippen LogP contribution in [0.5, 0.6) is 0 Å². The lowest BCUT2D eigenvalue weighted by molar-refractivity contribution is -0.133. The molecule has 1 saturated heterocycles. The van der Waals surface area contributed by atoms with Gasteiger partial charge in [-0.1, -0.05) is 26.7 Å². The molecule has 0 aromatic heterocycles. The normalized spacial score (nSPS) is 32.2. The van der Waals surface area contributed by atoms with Crippen molar-refractivity contribution in [3.8, 4) is 0 Å². The number of hydrogen-bond donors (Lipinski definition) is 1. The van der Waals surface area contributed by atoms with Crippen molar-refractivity contribution in [3.63, 3.8) is 0 Å². The molecule has 3 rings (SSSR count). The smallest absolute Gasteiger partial charge is 0.220 e. The van der Waals surface area contributed by atoms with Gasteiger partial charge in [0.05, 0.1) is 13.2 Å². The fraction of sp³-hybridized carbons (Fsp3) is 0.950. The SMILES string of the molecule is CCC[C@](C)(CCCNC(=O)C[C@@H]1C[C@H]2CC[C@H]1C2)C1OCCO1. The third-order valence-electron chi connectivity index (χ3n) is 6.59. The number of fused-ring (bicyclic) bond motifs is 2. The molecule has 4 atom stereocenters. The Bertz CT molecular complexity index is 421. The minimum atomic E-state index is -0.0674. The summed E-state index contributed by atoms with van der Waals surface area (Å²) in [7, 11) is 0. The van der Waals surface area contributed by atoms with Crippen LogP contribution in [-0.4, -0.2) is 32.0 Å². The summed E-state index contributed by atoms with van der Waals surface area (Å²) >= 11 is 0. The number of ether oxygens (including phenoxy) is 2. The number of rotatable bonds is 9. The third kappa shape index (κ3) is 4.32. The zero-order valence-electron chi connectivity index (χ0n) is 15.5. The van der Waals surface area contributed by atoms with Crippen molar-refractivity contribution in [2.75, 3.05) is 19.8 Å². The molecule has 2 saturated carbocycles. The first-order chi connectivity index (χ1) is 11.6. The highest BCUT2D eigenvalue weighted by Gasteiger charge is 2.40. The Kier molecular flexibility index (Phi) is 6.20. The van der Waals surface area contributed by atoms with E-state index in [1.54, 1.807) is 0 Å². The molecule has 0 radical (unpaired) electrons. The zero-order chi connectivity index (χ0) is 17.0. The second kappa shape index (κ2) is 8.18. The Hall–Kier alpha value is -0.610. The van der Waals surface area contributed by atoms with Gasteiger partial charge in [-0.3, -0.25) is 4.79 Å². The Morgan fingerprint density at radius 1 is 1.17 bits per heavy atom. The van der Waals surface area contributed by atoms with E-state index in [1.807, 2.05) is 0 Å². The van der Waals surface area contributed by atoms with E-state index in [0.717, 1.165) is 50.5 Å². The molecule has 2 aliphatic carbocycles. The molecule has 4 heteroatoms. The number of hydrogen-bond acceptors (Lipinski definition) is 3. The van der Waals surface area contributed by atoms with Crippen molar-refractivity contribution >= 4 is 5.91 Å². The number of carbonyl (C=O) groups excluding carboxylic acids is 1. The highest BCUT2D eigenvalue weighted by molar-refractivity contribution is 5.76. The Morgan fingerprint density at radius 2 is 1.96 bits per heavy atom. The molecule has 0 spiro atoms. The largest absolute Gasteiger partial charge is 0.356 e. The first kappa shape index (κ1) is 18.2. The second-order valence-corrected chi connectivity index (χ2v) is 8.57. The quantitative estimate of drug-likeness (QED) is 0.649. The minimum absolute atomic E-state index is 0.0674. The van der Waals surface area contributed by atoms with Gasteiger partial charge in [-0.25, -0.2) is 0 Å². The van der Waals surface area contributed by atoms with Gasteiger partial charge in [0.2, 0.25) is 5.91 Å². The summed E-state index contributed by atoms with van der Waals surface area (Å²) in [6.07, 6.45) is 10.4. The van der Waals surface area contributed by atoms with Crippen molar-refractivity contribution in [1.82, 2.24) is 5.32 Å². The van der Waals surface area contributed by atoms with Crippen LogP contribution in [0.4, 0.5) is 0 Å². The van der Waals surface area contributed by atoms with Crippen LogP contribution in [0.1, 0.15) is 71.6 Å². The predicted molar refractivity (Wildman–Crippen MR) is 94.5 cm³/mol. The van der Waals surface area contributed by atoms with Crippen molar-refractivity contribution in [2.45, 2.75) is 77.9 Å². The summed E-state index contributed by atoms with van der Waals surface area (Å²) in [5.41, 5.74) is 0.0700. The first-order valence-electron chi connectivity index (χ1n) is 10.1. The maximum absolute atomic E-state index is 12.2. The summed E-state index contributed by atoms with van der Waals surface area (Å²) in [5.74, 6) is 2.69. The molecule has 2 bridgehead atoms. The fourth-order valence-corrected chi connectivity index (χ4v) is 5.35. The lowest BCUT2D eigenvalue weighted by Gasteiger charge is -2.34. The lowest BCUT2D eigenvalue weighted by Crippen LogP contribution is -2.35. The van der Waals surface area contributed by atoms with Crippen LogP contribution in [0.15, 0.2) is 0 Å². The van der Waals surface area contributed by atoms with Crippen molar-refractivity contribution in [3.05, 3.63) is 0 Å². The average molecular weight is 338 g/mol. The first-order valence-corrected chi connectivity index (χ1v) is 10.1. The summed E-state index contributed by atoms with van der Waals surface area (Å²) in [6.45, 7) is 6.69. The van der Waals surface area contributed by atoms with Gasteiger partial charge in [0.1, 0.15) is 0 Å². The maximum Gasteiger partial charge on any atom is 0.220 e. The highest BCUT2D eigenvalue weighted by atomic mass is 16.7. The lowest BCUT2D eigenvalue weighted by atomic mass is 9.80. The standard InChI is InChI=1S/C20H35NO3/c1-3-7-20(2,19-23-10-11-24-19)8-4-9-21-18(22)14-17-13-15-5-6-16(17)12-15/h15-17,19H,3-14H2,1-2H3,(H,21,22)/t15-,16-,17-,20+/m0/s1. The van der Waals surface area contributed by atoms with Gasteiger partial charge in [-0.2, -0.15) is 0 Å². The third-order valence-corrected chi connectivity index (χ3v) is 6.59. The van der Waals surface area contributed by atoms with Crippen molar-refractivity contribution < 1.29 is 14.3 Å². The van der Waals surface area contributed by atoms with Gasteiger partial charge < -0.3 is 14.8 Å². The summed E-state index contributed by atoms with van der Waals surface area (Å²) in [5, 5.41) is 3.15. The molecule has 4 nitrogen and oxygen atoms in total. The number of amides is 1. The van der Waals surface area contributed by atoms with Gasteiger partial charge in [0.15, 0.2) is 6.29 Å². The average Bonchev–Trinajstić information content (AvgIpc) is 3.29. The molecular weight excluding hydrogens is 302 g/mol. The highest BCUT2D eigenvalue weighted by Crippen LogP contribution is 2.49. The Morgan fingerprint density at radius 3 is 2.58 bits per heavy atom. The maximum atomic E-state index is 12.2. The van der Waals surface area contributed by atoms with Crippen LogP contribution < -0.4 is 5.32 Å². The summed E-state index contributed by atoms with van der Waals surface area (Å²) in [6, 6.07) is 0. The van der Waals surface area contributed by atoms with Crippen LogP contribution in [0.25, 0.3) is 0 Å². The minimum Gasteiger partial charge on any atom is -0.356 e. The van der Waals surface area contributed by atoms with E-state index in [2.05, 4.69) is 19.2 Å². The molecule has 3 aliphatic rings.